The Morgan fingerprint density at radius 1 is 1.46 bits per heavy atom. The van der Waals surface area contributed by atoms with Gasteiger partial charge in [-0.3, -0.25) is 0 Å². The van der Waals surface area contributed by atoms with Crippen LogP contribution < -0.4 is 0 Å². The molecule has 3 nitrogen and oxygen atoms in total. The van der Waals surface area contributed by atoms with Gasteiger partial charge in [-0.15, -0.1) is 4.91 Å². The second kappa shape index (κ2) is 7.77. The van der Waals surface area contributed by atoms with Crippen molar-refractivity contribution in [2.45, 2.75) is 40.0 Å². The molecule has 0 aliphatic heterocycles. The summed E-state index contributed by atoms with van der Waals surface area (Å²) >= 11 is 0. The standard InChI is InChI=1S/C10H19NO2/c1-9(2)5-4-6-10(3)7-8-13-11-12/h5,10H,4,6-8H2,1-3H3. The third-order valence-electron chi connectivity index (χ3n) is 1.97. The van der Waals surface area contributed by atoms with Gasteiger partial charge in [-0.2, -0.15) is 0 Å². The minimum atomic E-state index is 0.444. The summed E-state index contributed by atoms with van der Waals surface area (Å²) in [7, 11) is 0. The Morgan fingerprint density at radius 2 is 2.15 bits per heavy atom. The van der Waals surface area contributed by atoms with Crippen LogP contribution in [0.1, 0.15) is 40.0 Å². The predicted molar refractivity (Wildman–Crippen MR) is 54.2 cm³/mol. The van der Waals surface area contributed by atoms with Crippen molar-refractivity contribution in [1.82, 2.24) is 0 Å². The molecule has 0 spiro atoms. The van der Waals surface area contributed by atoms with Crippen LogP contribution in [0.3, 0.4) is 0 Å². The van der Waals surface area contributed by atoms with Gasteiger partial charge < -0.3 is 4.84 Å². The number of allylic oxidation sites excluding steroid dienone is 2. The van der Waals surface area contributed by atoms with Crippen LogP contribution >= 0.6 is 0 Å². The summed E-state index contributed by atoms with van der Waals surface area (Å²) in [4.78, 5) is 14.0. The van der Waals surface area contributed by atoms with Crippen molar-refractivity contribution in [1.29, 1.82) is 0 Å². The van der Waals surface area contributed by atoms with E-state index in [1.165, 1.54) is 5.57 Å². The molecule has 0 aliphatic rings. The Kier molecular flexibility index (Phi) is 7.26. The molecule has 0 rings (SSSR count). The van der Waals surface area contributed by atoms with E-state index in [1.54, 1.807) is 0 Å². The lowest BCUT2D eigenvalue weighted by molar-refractivity contribution is 0.125. The van der Waals surface area contributed by atoms with Crippen LogP contribution in [-0.2, 0) is 4.84 Å². The highest BCUT2D eigenvalue weighted by molar-refractivity contribution is 4.92. The summed E-state index contributed by atoms with van der Waals surface area (Å²) in [6.07, 6.45) is 5.39. The van der Waals surface area contributed by atoms with Crippen molar-refractivity contribution in [3.8, 4) is 0 Å². The summed E-state index contributed by atoms with van der Waals surface area (Å²) in [6, 6.07) is 0. The first-order chi connectivity index (χ1) is 6.16. The van der Waals surface area contributed by atoms with E-state index in [4.69, 9.17) is 0 Å². The molecule has 1 atom stereocenters. The maximum absolute atomic E-state index is 9.61. The fourth-order valence-electron chi connectivity index (χ4n) is 1.09. The van der Waals surface area contributed by atoms with Crippen molar-refractivity contribution in [3.63, 3.8) is 0 Å². The summed E-state index contributed by atoms with van der Waals surface area (Å²) in [5.41, 5.74) is 1.36. The molecule has 76 valence electrons. The van der Waals surface area contributed by atoms with Gasteiger partial charge in [0.2, 0.25) is 0 Å². The van der Waals surface area contributed by atoms with Gasteiger partial charge in [0.1, 0.15) is 6.61 Å². The molecule has 3 heteroatoms. The van der Waals surface area contributed by atoms with Gasteiger partial charge in [-0.25, -0.2) is 0 Å². The van der Waals surface area contributed by atoms with Crippen molar-refractivity contribution >= 4 is 0 Å². The van der Waals surface area contributed by atoms with E-state index in [0.29, 0.717) is 12.5 Å². The molecule has 0 aromatic heterocycles. The first-order valence-corrected chi connectivity index (χ1v) is 4.74. The van der Waals surface area contributed by atoms with E-state index < -0.39 is 0 Å². The lowest BCUT2D eigenvalue weighted by Crippen LogP contribution is -1.98. The molecule has 1 unspecified atom stereocenters. The van der Waals surface area contributed by atoms with Gasteiger partial charge in [0.05, 0.1) is 0 Å². The molecule has 0 bridgehead atoms. The van der Waals surface area contributed by atoms with E-state index in [0.717, 1.165) is 19.3 Å². The van der Waals surface area contributed by atoms with Gasteiger partial charge in [-0.05, 0) is 39.0 Å². The van der Waals surface area contributed by atoms with Crippen LogP contribution in [0.2, 0.25) is 0 Å². The Bertz CT molecular complexity index is 162. The lowest BCUT2D eigenvalue weighted by atomic mass is 10.0. The Labute approximate surface area is 80.1 Å². The molecule has 0 saturated carbocycles. The molecule has 0 aliphatic carbocycles. The summed E-state index contributed by atoms with van der Waals surface area (Å²) in [6.45, 7) is 6.81. The van der Waals surface area contributed by atoms with Crippen LogP contribution in [0.25, 0.3) is 0 Å². The summed E-state index contributed by atoms with van der Waals surface area (Å²) < 4.78 is 0. The maximum Gasteiger partial charge on any atom is 0.155 e. The normalized spacial score (nSPS) is 11.9. The average molecular weight is 185 g/mol. The van der Waals surface area contributed by atoms with E-state index in [1.807, 2.05) is 0 Å². The monoisotopic (exact) mass is 185 g/mol. The molecule has 0 heterocycles. The number of rotatable bonds is 7. The van der Waals surface area contributed by atoms with Gasteiger partial charge >= 0.3 is 0 Å². The van der Waals surface area contributed by atoms with Crippen molar-refractivity contribution in [2.75, 3.05) is 6.61 Å². The Morgan fingerprint density at radius 3 is 2.69 bits per heavy atom. The molecule has 0 aromatic carbocycles. The third-order valence-corrected chi connectivity index (χ3v) is 1.97. The first-order valence-electron chi connectivity index (χ1n) is 4.74. The number of nitrogens with zero attached hydrogens (tertiary/aromatic N) is 1. The smallest absolute Gasteiger partial charge is 0.155 e. The minimum absolute atomic E-state index is 0.444. The quantitative estimate of drug-likeness (QED) is 0.264. The predicted octanol–water partition coefficient (Wildman–Crippen LogP) is 3.46. The Hall–Kier alpha value is -0.860. The fraction of sp³-hybridized carbons (Fsp3) is 0.800. The van der Waals surface area contributed by atoms with Crippen LogP contribution in [-0.4, -0.2) is 6.61 Å². The average Bonchev–Trinajstić information content (AvgIpc) is 2.04. The highest BCUT2D eigenvalue weighted by Crippen LogP contribution is 2.11. The lowest BCUT2D eigenvalue weighted by Gasteiger charge is -2.07. The maximum atomic E-state index is 9.61. The van der Waals surface area contributed by atoms with Crippen molar-refractivity contribution < 1.29 is 4.84 Å². The highest BCUT2D eigenvalue weighted by Gasteiger charge is 2.00. The molecular formula is C10H19NO2. The number of hydrogen-bond acceptors (Lipinski definition) is 3. The van der Waals surface area contributed by atoms with Gasteiger partial charge in [0, 0.05) is 0 Å². The molecule has 0 saturated heterocycles. The topological polar surface area (TPSA) is 38.7 Å². The molecule has 0 N–H and O–H groups in total. The van der Waals surface area contributed by atoms with Crippen LogP contribution in [0.5, 0.6) is 0 Å². The van der Waals surface area contributed by atoms with Crippen molar-refractivity contribution in [2.24, 2.45) is 11.3 Å². The second-order valence-corrected chi connectivity index (χ2v) is 3.66. The van der Waals surface area contributed by atoms with Gasteiger partial charge in [0.15, 0.2) is 5.34 Å². The Balaban J connectivity index is 3.34. The van der Waals surface area contributed by atoms with Crippen LogP contribution in [0.4, 0.5) is 0 Å². The highest BCUT2D eigenvalue weighted by atomic mass is 16.7. The molecule has 0 aromatic rings. The van der Waals surface area contributed by atoms with E-state index in [-0.39, 0.29) is 0 Å². The largest absolute Gasteiger partial charge is 0.364 e. The first kappa shape index (κ1) is 12.1. The van der Waals surface area contributed by atoms with Gasteiger partial charge in [0.25, 0.3) is 0 Å². The summed E-state index contributed by atoms with van der Waals surface area (Å²) in [5.74, 6) is 0.595. The third kappa shape index (κ3) is 9.05. The molecular weight excluding hydrogens is 166 g/mol. The molecule has 0 amide bonds. The van der Waals surface area contributed by atoms with Gasteiger partial charge in [-0.1, -0.05) is 18.6 Å². The van der Waals surface area contributed by atoms with Crippen LogP contribution in [0, 0.1) is 10.8 Å². The fourth-order valence-corrected chi connectivity index (χ4v) is 1.09. The second-order valence-electron chi connectivity index (χ2n) is 3.66. The molecule has 0 fully saturated rings. The molecule has 13 heavy (non-hydrogen) atoms. The SMILES string of the molecule is CC(C)=CCCC(C)CCON=O. The summed E-state index contributed by atoms with van der Waals surface area (Å²) in [5, 5.41) is 2.35. The van der Waals surface area contributed by atoms with E-state index in [9.17, 15) is 4.91 Å². The van der Waals surface area contributed by atoms with E-state index in [2.05, 4.69) is 37.0 Å². The number of hydrogen-bond donors (Lipinski definition) is 0. The molecule has 0 radical (unpaired) electrons. The zero-order valence-electron chi connectivity index (χ0n) is 8.75. The van der Waals surface area contributed by atoms with Crippen LogP contribution in [0.15, 0.2) is 17.0 Å². The minimum Gasteiger partial charge on any atom is -0.364 e. The van der Waals surface area contributed by atoms with E-state index >= 15 is 0 Å². The van der Waals surface area contributed by atoms with Crippen molar-refractivity contribution in [3.05, 3.63) is 16.6 Å². The zero-order valence-corrected chi connectivity index (χ0v) is 8.75. The zero-order chi connectivity index (χ0) is 10.1.